The van der Waals surface area contributed by atoms with E-state index in [1.807, 2.05) is 18.2 Å². The maximum absolute atomic E-state index is 11.7. The normalized spacial score (nSPS) is 12.4. The summed E-state index contributed by atoms with van der Waals surface area (Å²) in [6, 6.07) is 7.19. The molecule has 20 heavy (non-hydrogen) atoms. The number of nitrogens with one attached hydrogen (secondary N) is 1. The summed E-state index contributed by atoms with van der Waals surface area (Å²) in [5.74, 6) is 1.23. The number of aromatic nitrogens is 1. The van der Waals surface area contributed by atoms with Crippen molar-refractivity contribution in [1.29, 1.82) is 0 Å². The van der Waals surface area contributed by atoms with Crippen molar-refractivity contribution in [2.45, 2.75) is 6.92 Å². The monoisotopic (exact) mass is 274 g/mol. The Balaban J connectivity index is 1.95. The van der Waals surface area contributed by atoms with E-state index in [1.165, 1.54) is 0 Å². The van der Waals surface area contributed by atoms with E-state index in [1.54, 1.807) is 13.0 Å². The van der Waals surface area contributed by atoms with Gasteiger partial charge in [0.25, 0.3) is 0 Å². The van der Waals surface area contributed by atoms with Crippen molar-refractivity contribution < 1.29 is 19.0 Å². The van der Waals surface area contributed by atoms with Crippen molar-refractivity contribution in [1.82, 2.24) is 4.98 Å². The van der Waals surface area contributed by atoms with Crippen LogP contribution in [0.5, 0.6) is 11.5 Å². The van der Waals surface area contributed by atoms with Crippen LogP contribution in [0.15, 0.2) is 24.3 Å². The number of aromatic amines is 1. The fraction of sp³-hybridized carbons (Fsp3) is 0.214. The van der Waals surface area contributed by atoms with E-state index in [0.29, 0.717) is 23.7 Å². The first-order valence-corrected chi connectivity index (χ1v) is 6.24. The highest BCUT2D eigenvalue weighted by molar-refractivity contribution is 5.96. The molecule has 2 aromatic rings. The molecule has 1 aromatic heterocycles. The van der Waals surface area contributed by atoms with Gasteiger partial charge in [0.1, 0.15) is 11.4 Å². The van der Waals surface area contributed by atoms with Gasteiger partial charge in [0.15, 0.2) is 11.5 Å². The summed E-state index contributed by atoms with van der Waals surface area (Å²) < 4.78 is 15.5. The molecule has 2 heterocycles. The summed E-state index contributed by atoms with van der Waals surface area (Å²) in [6.07, 6.45) is 0. The number of H-pyrrole nitrogens is 1. The number of ether oxygens (including phenoxy) is 3. The fourth-order valence-corrected chi connectivity index (χ4v) is 2.07. The zero-order valence-electron chi connectivity index (χ0n) is 10.9. The third-order valence-corrected chi connectivity index (χ3v) is 3.03. The Labute approximate surface area is 115 Å². The van der Waals surface area contributed by atoms with Crippen LogP contribution in [0.1, 0.15) is 17.3 Å². The second-order valence-electron chi connectivity index (χ2n) is 4.30. The van der Waals surface area contributed by atoms with Gasteiger partial charge in [-0.1, -0.05) is 0 Å². The van der Waals surface area contributed by atoms with Gasteiger partial charge in [0.05, 0.1) is 6.61 Å². The minimum Gasteiger partial charge on any atom is -0.462 e. The number of anilines is 1. The molecule has 0 unspecified atom stereocenters. The molecule has 0 atom stereocenters. The van der Waals surface area contributed by atoms with Crippen molar-refractivity contribution in [3.63, 3.8) is 0 Å². The van der Waals surface area contributed by atoms with Crippen LogP contribution in [-0.2, 0) is 4.74 Å². The summed E-state index contributed by atoms with van der Waals surface area (Å²) in [7, 11) is 0. The Morgan fingerprint density at radius 1 is 1.35 bits per heavy atom. The topological polar surface area (TPSA) is 86.6 Å². The standard InChI is InChI=1S/C14H14N2O4/c1-2-18-14(17)9-6-10(16-13(9)15)8-3-4-11-12(5-8)20-7-19-11/h3-6,16H,2,7,15H2,1H3. The Hall–Kier alpha value is -2.63. The molecule has 0 spiro atoms. The van der Waals surface area contributed by atoms with Crippen molar-refractivity contribution in [2.75, 3.05) is 19.1 Å². The molecule has 0 fully saturated rings. The van der Waals surface area contributed by atoms with Gasteiger partial charge in [-0.15, -0.1) is 0 Å². The van der Waals surface area contributed by atoms with E-state index in [0.717, 1.165) is 11.3 Å². The van der Waals surface area contributed by atoms with Crippen molar-refractivity contribution in [3.05, 3.63) is 29.8 Å². The molecule has 1 aliphatic heterocycles. The lowest BCUT2D eigenvalue weighted by Crippen LogP contribution is -2.05. The van der Waals surface area contributed by atoms with Crippen molar-refractivity contribution in [3.8, 4) is 22.8 Å². The second-order valence-corrected chi connectivity index (χ2v) is 4.30. The zero-order valence-corrected chi connectivity index (χ0v) is 10.9. The molecule has 0 radical (unpaired) electrons. The zero-order chi connectivity index (χ0) is 14.1. The highest BCUT2D eigenvalue weighted by Gasteiger charge is 2.18. The van der Waals surface area contributed by atoms with E-state index in [4.69, 9.17) is 19.9 Å². The SMILES string of the molecule is CCOC(=O)c1cc(-c2ccc3c(c2)OCO3)[nH]c1N. The molecule has 104 valence electrons. The van der Waals surface area contributed by atoms with Gasteiger partial charge < -0.3 is 24.9 Å². The number of esters is 1. The molecule has 6 heteroatoms. The molecule has 0 saturated carbocycles. The molecule has 1 aliphatic rings. The summed E-state index contributed by atoms with van der Waals surface area (Å²) in [6.45, 7) is 2.28. The molecule has 3 rings (SSSR count). The Morgan fingerprint density at radius 2 is 2.15 bits per heavy atom. The summed E-state index contributed by atoms with van der Waals surface area (Å²) in [4.78, 5) is 14.7. The molecule has 0 aliphatic carbocycles. The van der Waals surface area contributed by atoms with Crippen LogP contribution in [-0.4, -0.2) is 24.4 Å². The molecule has 6 nitrogen and oxygen atoms in total. The van der Waals surface area contributed by atoms with Gasteiger partial charge in [-0.05, 0) is 31.2 Å². The number of hydrogen-bond acceptors (Lipinski definition) is 5. The van der Waals surface area contributed by atoms with Gasteiger partial charge in [-0.2, -0.15) is 0 Å². The molecule has 3 N–H and O–H groups in total. The highest BCUT2D eigenvalue weighted by Crippen LogP contribution is 2.36. The fourth-order valence-electron chi connectivity index (χ4n) is 2.07. The number of benzene rings is 1. The molecular formula is C14H14N2O4. The van der Waals surface area contributed by atoms with Gasteiger partial charge in [-0.25, -0.2) is 4.79 Å². The van der Waals surface area contributed by atoms with Crippen molar-refractivity contribution >= 4 is 11.8 Å². The number of nitrogens with two attached hydrogens (primary N) is 1. The minimum atomic E-state index is -0.437. The van der Waals surface area contributed by atoms with Crippen LogP contribution >= 0.6 is 0 Å². The molecule has 1 aromatic carbocycles. The van der Waals surface area contributed by atoms with E-state index in [2.05, 4.69) is 4.98 Å². The summed E-state index contributed by atoms with van der Waals surface area (Å²) >= 11 is 0. The quantitative estimate of drug-likeness (QED) is 0.838. The smallest absolute Gasteiger partial charge is 0.341 e. The van der Waals surface area contributed by atoms with Crippen molar-refractivity contribution in [2.24, 2.45) is 0 Å². The Morgan fingerprint density at radius 3 is 2.95 bits per heavy atom. The first-order chi connectivity index (χ1) is 9.69. The van der Waals surface area contributed by atoms with Crippen LogP contribution in [0.3, 0.4) is 0 Å². The summed E-state index contributed by atoms with van der Waals surface area (Å²) in [5.41, 5.74) is 7.73. The number of nitrogen functional groups attached to an aromatic ring is 1. The molecule has 0 amide bonds. The second kappa shape index (κ2) is 4.80. The third kappa shape index (κ3) is 2.05. The number of hydrogen-bond donors (Lipinski definition) is 2. The van der Waals surface area contributed by atoms with Gasteiger partial charge in [0, 0.05) is 11.3 Å². The van der Waals surface area contributed by atoms with Crippen LogP contribution in [0.25, 0.3) is 11.3 Å². The highest BCUT2D eigenvalue weighted by atomic mass is 16.7. The number of rotatable bonds is 3. The average Bonchev–Trinajstić information content (AvgIpc) is 3.04. The van der Waals surface area contributed by atoms with E-state index < -0.39 is 5.97 Å². The largest absolute Gasteiger partial charge is 0.462 e. The van der Waals surface area contributed by atoms with E-state index >= 15 is 0 Å². The molecule has 0 saturated heterocycles. The number of fused-ring (bicyclic) bond motifs is 1. The average molecular weight is 274 g/mol. The van der Waals surface area contributed by atoms with Gasteiger partial charge in [0.2, 0.25) is 6.79 Å². The van der Waals surface area contributed by atoms with Crippen LogP contribution in [0, 0.1) is 0 Å². The Bertz CT molecular complexity index is 663. The number of carbonyl (C=O) groups excluding carboxylic acids is 1. The summed E-state index contributed by atoms with van der Waals surface area (Å²) in [5, 5.41) is 0. The predicted octanol–water partition coefficient (Wildman–Crippen LogP) is 2.17. The maximum atomic E-state index is 11.7. The van der Waals surface area contributed by atoms with Gasteiger partial charge >= 0.3 is 5.97 Å². The lowest BCUT2D eigenvalue weighted by Gasteiger charge is -2.00. The molecule has 0 bridgehead atoms. The van der Waals surface area contributed by atoms with E-state index in [-0.39, 0.29) is 12.6 Å². The maximum Gasteiger partial charge on any atom is 0.341 e. The predicted molar refractivity (Wildman–Crippen MR) is 72.7 cm³/mol. The van der Waals surface area contributed by atoms with Crippen LogP contribution in [0.2, 0.25) is 0 Å². The van der Waals surface area contributed by atoms with Crippen LogP contribution in [0.4, 0.5) is 5.82 Å². The van der Waals surface area contributed by atoms with Gasteiger partial charge in [-0.3, -0.25) is 0 Å². The number of carbonyl (C=O) groups is 1. The lowest BCUT2D eigenvalue weighted by molar-refractivity contribution is 0.0528. The third-order valence-electron chi connectivity index (χ3n) is 3.03. The molecular weight excluding hydrogens is 260 g/mol. The lowest BCUT2D eigenvalue weighted by atomic mass is 10.1. The first-order valence-electron chi connectivity index (χ1n) is 6.24. The minimum absolute atomic E-state index is 0.222. The van der Waals surface area contributed by atoms with E-state index in [9.17, 15) is 4.79 Å². The Kier molecular flexibility index (Phi) is 2.98. The van der Waals surface area contributed by atoms with Crippen LogP contribution < -0.4 is 15.2 Å². The first kappa shape index (κ1) is 12.4.